The van der Waals surface area contributed by atoms with E-state index in [2.05, 4.69) is 42.4 Å². The van der Waals surface area contributed by atoms with E-state index in [0.717, 1.165) is 29.9 Å². The summed E-state index contributed by atoms with van der Waals surface area (Å²) in [6.07, 6.45) is 0.690. The molecule has 116 valence electrons. The van der Waals surface area contributed by atoms with Gasteiger partial charge in [-0.1, -0.05) is 13.8 Å². The Bertz CT molecular complexity index is 619. The first kappa shape index (κ1) is 16.2. The summed E-state index contributed by atoms with van der Waals surface area (Å²) in [5.74, 6) is 1.21. The molecule has 0 saturated heterocycles. The van der Waals surface area contributed by atoms with E-state index in [4.69, 9.17) is 11.6 Å². The largest absolute Gasteiger partial charge is 0.327 e. The number of fused-ring (bicyclic) bond motifs is 1. The van der Waals surface area contributed by atoms with Gasteiger partial charge in [0.1, 0.15) is 11.6 Å². The fourth-order valence-electron chi connectivity index (χ4n) is 2.93. The highest BCUT2D eigenvalue weighted by Crippen LogP contribution is 2.25. The van der Waals surface area contributed by atoms with Crippen LogP contribution in [0.25, 0.3) is 11.0 Å². The van der Waals surface area contributed by atoms with Crippen LogP contribution in [0.4, 0.5) is 4.39 Å². The molecule has 0 fully saturated rings. The second-order valence-corrected chi connectivity index (χ2v) is 6.97. The summed E-state index contributed by atoms with van der Waals surface area (Å²) in [7, 11) is 4.13. The molecular formula is C16H23ClFN3. The average Bonchev–Trinajstić information content (AvgIpc) is 2.66. The zero-order valence-corrected chi connectivity index (χ0v) is 13.9. The Hall–Kier alpha value is -1.13. The molecule has 2 aromatic rings. The summed E-state index contributed by atoms with van der Waals surface area (Å²) in [6, 6.07) is 4.75. The van der Waals surface area contributed by atoms with Crippen LogP contribution < -0.4 is 0 Å². The van der Waals surface area contributed by atoms with E-state index in [1.165, 1.54) is 6.07 Å². The van der Waals surface area contributed by atoms with Gasteiger partial charge in [0.15, 0.2) is 0 Å². The SMILES string of the molecule is CN(C)CC(C)(C)Cn1c(CCCl)nc2ccc(F)cc21. The van der Waals surface area contributed by atoms with E-state index >= 15 is 0 Å². The van der Waals surface area contributed by atoms with Gasteiger partial charge in [0, 0.05) is 25.4 Å². The fourth-order valence-corrected chi connectivity index (χ4v) is 3.10. The molecule has 3 nitrogen and oxygen atoms in total. The summed E-state index contributed by atoms with van der Waals surface area (Å²) < 4.78 is 15.7. The van der Waals surface area contributed by atoms with Gasteiger partial charge in [0.2, 0.25) is 0 Å². The molecule has 0 bridgehead atoms. The lowest BCUT2D eigenvalue weighted by Gasteiger charge is -2.29. The quantitative estimate of drug-likeness (QED) is 0.761. The normalized spacial score (nSPS) is 12.5. The highest BCUT2D eigenvalue weighted by atomic mass is 35.5. The number of nitrogens with zero attached hydrogens (tertiary/aromatic N) is 3. The summed E-state index contributed by atoms with van der Waals surface area (Å²) >= 11 is 5.89. The number of aromatic nitrogens is 2. The third-order valence-corrected chi connectivity index (χ3v) is 3.63. The number of halogens is 2. The summed E-state index contributed by atoms with van der Waals surface area (Å²) in [5, 5.41) is 0. The van der Waals surface area contributed by atoms with Crippen molar-refractivity contribution >= 4 is 22.6 Å². The van der Waals surface area contributed by atoms with Crippen molar-refractivity contribution in [3.8, 4) is 0 Å². The first-order valence-corrected chi connectivity index (χ1v) is 7.71. The predicted octanol–water partition coefficient (Wildman–Crippen LogP) is 3.54. The first-order chi connectivity index (χ1) is 9.82. The maximum Gasteiger partial charge on any atom is 0.125 e. The van der Waals surface area contributed by atoms with E-state index in [9.17, 15) is 4.39 Å². The van der Waals surface area contributed by atoms with E-state index in [1.54, 1.807) is 12.1 Å². The van der Waals surface area contributed by atoms with Crippen LogP contribution in [0.2, 0.25) is 0 Å². The molecule has 21 heavy (non-hydrogen) atoms. The summed E-state index contributed by atoms with van der Waals surface area (Å²) in [5.41, 5.74) is 1.74. The molecule has 1 heterocycles. The van der Waals surface area contributed by atoms with Crippen LogP contribution in [0, 0.1) is 11.2 Å². The van der Waals surface area contributed by atoms with Crippen molar-refractivity contribution < 1.29 is 4.39 Å². The van der Waals surface area contributed by atoms with Crippen molar-refractivity contribution in [2.75, 3.05) is 26.5 Å². The van der Waals surface area contributed by atoms with Crippen molar-refractivity contribution in [1.82, 2.24) is 14.5 Å². The average molecular weight is 312 g/mol. The second-order valence-electron chi connectivity index (χ2n) is 6.59. The minimum Gasteiger partial charge on any atom is -0.327 e. The molecule has 0 atom stereocenters. The van der Waals surface area contributed by atoms with Crippen LogP contribution in [-0.4, -0.2) is 41.0 Å². The molecule has 1 aromatic heterocycles. The highest BCUT2D eigenvalue weighted by Gasteiger charge is 2.23. The number of hydrogen-bond donors (Lipinski definition) is 0. The van der Waals surface area contributed by atoms with E-state index in [1.807, 2.05) is 0 Å². The molecule has 0 unspecified atom stereocenters. The first-order valence-electron chi connectivity index (χ1n) is 7.18. The van der Waals surface area contributed by atoms with Gasteiger partial charge in [-0.25, -0.2) is 9.37 Å². The van der Waals surface area contributed by atoms with Gasteiger partial charge >= 0.3 is 0 Å². The lowest BCUT2D eigenvalue weighted by atomic mass is 9.92. The standard InChI is InChI=1S/C16H23ClFN3/c1-16(2,10-20(3)4)11-21-14-9-12(18)5-6-13(14)19-15(21)7-8-17/h5-6,9H,7-8,10-11H2,1-4H3. The molecule has 1 aromatic carbocycles. The van der Waals surface area contributed by atoms with E-state index in [0.29, 0.717) is 12.3 Å². The van der Waals surface area contributed by atoms with Crippen molar-refractivity contribution in [3.05, 3.63) is 29.8 Å². The topological polar surface area (TPSA) is 21.1 Å². The van der Waals surface area contributed by atoms with E-state index < -0.39 is 0 Å². The molecule has 0 amide bonds. The molecule has 2 rings (SSSR count). The predicted molar refractivity (Wildman–Crippen MR) is 86.5 cm³/mol. The van der Waals surface area contributed by atoms with Gasteiger partial charge in [-0.3, -0.25) is 0 Å². The molecule has 0 aliphatic carbocycles. The van der Waals surface area contributed by atoms with Crippen molar-refractivity contribution in [2.45, 2.75) is 26.8 Å². The van der Waals surface area contributed by atoms with Gasteiger partial charge in [-0.15, -0.1) is 11.6 Å². The van der Waals surface area contributed by atoms with Crippen LogP contribution in [0.15, 0.2) is 18.2 Å². The number of hydrogen-bond acceptors (Lipinski definition) is 2. The monoisotopic (exact) mass is 311 g/mol. The fraction of sp³-hybridized carbons (Fsp3) is 0.562. The maximum absolute atomic E-state index is 13.6. The van der Waals surface area contributed by atoms with Crippen LogP contribution in [0.5, 0.6) is 0 Å². The van der Waals surface area contributed by atoms with Crippen LogP contribution in [0.3, 0.4) is 0 Å². The maximum atomic E-state index is 13.6. The lowest BCUT2D eigenvalue weighted by molar-refractivity contribution is 0.211. The second kappa shape index (κ2) is 6.32. The molecule has 0 radical (unpaired) electrons. The molecule has 5 heteroatoms. The van der Waals surface area contributed by atoms with Crippen molar-refractivity contribution in [2.24, 2.45) is 5.41 Å². The molecule has 0 spiro atoms. The summed E-state index contributed by atoms with van der Waals surface area (Å²) in [4.78, 5) is 6.77. The molecular weight excluding hydrogens is 289 g/mol. The lowest BCUT2D eigenvalue weighted by Crippen LogP contribution is -2.32. The molecule has 0 saturated carbocycles. The van der Waals surface area contributed by atoms with Crippen LogP contribution in [-0.2, 0) is 13.0 Å². The Kier molecular flexibility index (Phi) is 4.89. The number of rotatable bonds is 6. The molecule has 0 aliphatic heterocycles. The number of benzene rings is 1. The Labute approximate surface area is 130 Å². The van der Waals surface area contributed by atoms with E-state index in [-0.39, 0.29) is 11.2 Å². The molecule has 0 N–H and O–H groups in total. The highest BCUT2D eigenvalue weighted by molar-refractivity contribution is 6.17. The zero-order chi connectivity index (χ0) is 15.6. The third-order valence-electron chi connectivity index (χ3n) is 3.44. The number of alkyl halides is 1. The van der Waals surface area contributed by atoms with Gasteiger partial charge < -0.3 is 9.47 Å². The van der Waals surface area contributed by atoms with Crippen LogP contribution >= 0.6 is 11.6 Å². The van der Waals surface area contributed by atoms with Crippen molar-refractivity contribution in [1.29, 1.82) is 0 Å². The van der Waals surface area contributed by atoms with Crippen molar-refractivity contribution in [3.63, 3.8) is 0 Å². The molecule has 0 aliphatic rings. The Morgan fingerprint density at radius 3 is 2.67 bits per heavy atom. The zero-order valence-electron chi connectivity index (χ0n) is 13.2. The minimum absolute atomic E-state index is 0.0600. The number of aryl methyl sites for hydroxylation is 1. The van der Waals surface area contributed by atoms with Gasteiger partial charge in [0.05, 0.1) is 11.0 Å². The Morgan fingerprint density at radius 2 is 2.05 bits per heavy atom. The Balaban J connectivity index is 2.44. The smallest absolute Gasteiger partial charge is 0.125 e. The number of imidazole rings is 1. The van der Waals surface area contributed by atoms with Gasteiger partial charge in [-0.05, 0) is 37.7 Å². The van der Waals surface area contributed by atoms with Crippen LogP contribution in [0.1, 0.15) is 19.7 Å². The van der Waals surface area contributed by atoms with Gasteiger partial charge in [-0.2, -0.15) is 0 Å². The minimum atomic E-state index is -0.230. The summed E-state index contributed by atoms with van der Waals surface area (Å²) in [6.45, 7) is 6.16. The van der Waals surface area contributed by atoms with Gasteiger partial charge in [0.25, 0.3) is 0 Å². The third kappa shape index (κ3) is 3.95. The Morgan fingerprint density at radius 1 is 1.33 bits per heavy atom.